The Balaban J connectivity index is 2.11. The average molecular weight is 301 g/mol. The zero-order valence-electron chi connectivity index (χ0n) is 11.6. The molecular weight excluding hydrogens is 284 g/mol. The molecule has 110 valence electrons. The molecule has 0 saturated carbocycles. The molecule has 1 aliphatic heterocycles. The highest BCUT2D eigenvalue weighted by Gasteiger charge is 2.32. The number of morpholine rings is 1. The van der Waals surface area contributed by atoms with Crippen LogP contribution in [0.4, 0.5) is 0 Å². The maximum Gasteiger partial charge on any atom is 0.276 e. The van der Waals surface area contributed by atoms with Gasteiger partial charge in [-0.1, -0.05) is 11.6 Å². The van der Waals surface area contributed by atoms with E-state index in [0.717, 1.165) is 0 Å². The van der Waals surface area contributed by atoms with Gasteiger partial charge in [-0.2, -0.15) is 5.10 Å². The van der Waals surface area contributed by atoms with Gasteiger partial charge in [-0.15, -0.1) is 0 Å². The van der Waals surface area contributed by atoms with Gasteiger partial charge in [0.1, 0.15) is 0 Å². The molecule has 8 heteroatoms. The number of nitrogens with one attached hydrogen (secondary N) is 1. The second kappa shape index (κ2) is 5.80. The molecule has 20 heavy (non-hydrogen) atoms. The van der Waals surface area contributed by atoms with E-state index in [0.29, 0.717) is 23.9 Å². The molecular formula is C12H17ClN4O3. The Morgan fingerprint density at radius 1 is 1.50 bits per heavy atom. The number of amides is 2. The number of hydrogen-bond donors (Lipinski definition) is 1. The summed E-state index contributed by atoms with van der Waals surface area (Å²) in [5.74, 6) is -0.453. The Morgan fingerprint density at radius 3 is 2.75 bits per heavy atom. The van der Waals surface area contributed by atoms with E-state index in [1.54, 1.807) is 21.0 Å². The summed E-state index contributed by atoms with van der Waals surface area (Å²) < 4.78 is 5.41. The highest BCUT2D eigenvalue weighted by Crippen LogP contribution is 2.20. The average Bonchev–Trinajstić information content (AvgIpc) is 2.77. The summed E-state index contributed by atoms with van der Waals surface area (Å²) in [6, 6.07) is 0. The summed E-state index contributed by atoms with van der Waals surface area (Å²) >= 11 is 6.02. The van der Waals surface area contributed by atoms with Gasteiger partial charge >= 0.3 is 0 Å². The van der Waals surface area contributed by atoms with Gasteiger partial charge < -0.3 is 14.5 Å². The van der Waals surface area contributed by atoms with E-state index in [4.69, 9.17) is 16.3 Å². The van der Waals surface area contributed by atoms with Gasteiger partial charge in [0.15, 0.2) is 11.8 Å². The number of hydrogen-bond acceptors (Lipinski definition) is 4. The topological polar surface area (TPSA) is 78.5 Å². The number of aromatic nitrogens is 2. The van der Waals surface area contributed by atoms with Crippen LogP contribution in [0.2, 0.25) is 5.02 Å². The fourth-order valence-electron chi connectivity index (χ4n) is 1.98. The first kappa shape index (κ1) is 14.8. The number of carbonyl (C=O) groups is 2. The standard InChI is InChI=1S/C12H17ClN4O3/c1-7-9(13)10(15-14-7)12(19)17-4-5-20-8(6-17)11(18)16(2)3/h8H,4-6H2,1-3H3,(H,14,15)/t8-/m0/s1. The van der Waals surface area contributed by atoms with Crippen molar-refractivity contribution >= 4 is 23.4 Å². The predicted molar refractivity (Wildman–Crippen MR) is 72.7 cm³/mol. The molecule has 1 aromatic heterocycles. The first-order valence-corrected chi connectivity index (χ1v) is 6.62. The molecule has 0 aromatic carbocycles. The molecule has 1 aliphatic rings. The van der Waals surface area contributed by atoms with Crippen molar-refractivity contribution in [2.45, 2.75) is 13.0 Å². The summed E-state index contributed by atoms with van der Waals surface area (Å²) in [5.41, 5.74) is 0.825. The van der Waals surface area contributed by atoms with Crippen LogP contribution in [-0.4, -0.2) is 71.7 Å². The molecule has 2 rings (SSSR count). The Labute approximate surface area is 121 Å². The van der Waals surface area contributed by atoms with E-state index < -0.39 is 6.10 Å². The molecule has 0 unspecified atom stereocenters. The van der Waals surface area contributed by atoms with Crippen LogP contribution < -0.4 is 0 Å². The molecule has 0 radical (unpaired) electrons. The van der Waals surface area contributed by atoms with Crippen molar-refractivity contribution in [1.82, 2.24) is 20.0 Å². The summed E-state index contributed by atoms with van der Waals surface area (Å²) in [5, 5.41) is 6.90. The lowest BCUT2D eigenvalue weighted by atomic mass is 10.2. The third kappa shape index (κ3) is 2.78. The Bertz CT molecular complexity index is 529. The molecule has 7 nitrogen and oxygen atoms in total. The highest BCUT2D eigenvalue weighted by atomic mass is 35.5. The smallest absolute Gasteiger partial charge is 0.276 e. The molecule has 1 fully saturated rings. The number of halogens is 1. The Morgan fingerprint density at radius 2 is 2.20 bits per heavy atom. The van der Waals surface area contributed by atoms with Crippen LogP contribution in [0.25, 0.3) is 0 Å². The highest BCUT2D eigenvalue weighted by molar-refractivity contribution is 6.34. The third-order valence-electron chi connectivity index (χ3n) is 3.15. The minimum atomic E-state index is -0.637. The number of likely N-dealkylation sites (N-methyl/N-ethyl adjacent to an activating group) is 1. The molecule has 1 N–H and O–H groups in total. The second-order valence-corrected chi connectivity index (χ2v) is 5.23. The molecule has 0 aliphatic carbocycles. The number of aromatic amines is 1. The van der Waals surface area contributed by atoms with Gasteiger partial charge in [-0.05, 0) is 6.92 Å². The maximum atomic E-state index is 12.4. The van der Waals surface area contributed by atoms with E-state index in [1.165, 1.54) is 9.80 Å². The van der Waals surface area contributed by atoms with E-state index in [2.05, 4.69) is 10.2 Å². The van der Waals surface area contributed by atoms with Crippen molar-refractivity contribution in [2.24, 2.45) is 0 Å². The van der Waals surface area contributed by atoms with E-state index in [-0.39, 0.29) is 24.1 Å². The van der Waals surface area contributed by atoms with Gasteiger partial charge in [0.05, 0.1) is 23.9 Å². The summed E-state index contributed by atoms with van der Waals surface area (Å²) in [4.78, 5) is 27.2. The number of ether oxygens (including phenoxy) is 1. The van der Waals surface area contributed by atoms with Crippen molar-refractivity contribution < 1.29 is 14.3 Å². The lowest BCUT2D eigenvalue weighted by Gasteiger charge is -2.32. The number of nitrogens with zero attached hydrogens (tertiary/aromatic N) is 3. The molecule has 0 bridgehead atoms. The van der Waals surface area contributed by atoms with E-state index in [9.17, 15) is 9.59 Å². The van der Waals surface area contributed by atoms with Crippen molar-refractivity contribution in [3.8, 4) is 0 Å². The SMILES string of the molecule is Cc1[nH]nc(C(=O)N2CCO[C@H](C(=O)N(C)C)C2)c1Cl. The Hall–Kier alpha value is -1.60. The maximum absolute atomic E-state index is 12.4. The Kier molecular flexibility index (Phi) is 4.29. The number of rotatable bonds is 2. The number of H-pyrrole nitrogens is 1. The summed E-state index contributed by atoms with van der Waals surface area (Å²) in [6.07, 6.45) is -0.637. The minimum Gasteiger partial charge on any atom is -0.365 e. The van der Waals surface area contributed by atoms with Crippen molar-refractivity contribution in [3.05, 3.63) is 16.4 Å². The molecule has 0 spiro atoms. The molecule has 1 atom stereocenters. The predicted octanol–water partition coefficient (Wildman–Crippen LogP) is 0.301. The lowest BCUT2D eigenvalue weighted by molar-refractivity contribution is -0.145. The largest absolute Gasteiger partial charge is 0.365 e. The van der Waals surface area contributed by atoms with Crippen LogP contribution in [-0.2, 0) is 9.53 Å². The minimum absolute atomic E-state index is 0.160. The van der Waals surface area contributed by atoms with Gasteiger partial charge in [-0.3, -0.25) is 14.7 Å². The van der Waals surface area contributed by atoms with Gasteiger partial charge in [0.25, 0.3) is 11.8 Å². The first-order valence-electron chi connectivity index (χ1n) is 6.24. The quantitative estimate of drug-likeness (QED) is 0.852. The van der Waals surface area contributed by atoms with Crippen molar-refractivity contribution in [3.63, 3.8) is 0 Å². The summed E-state index contributed by atoms with van der Waals surface area (Å²) in [6.45, 7) is 2.68. The first-order chi connectivity index (χ1) is 9.41. The monoisotopic (exact) mass is 300 g/mol. The normalized spacial score (nSPS) is 19.0. The van der Waals surface area contributed by atoms with Crippen LogP contribution in [0.15, 0.2) is 0 Å². The zero-order valence-corrected chi connectivity index (χ0v) is 12.4. The van der Waals surface area contributed by atoms with Crippen LogP contribution >= 0.6 is 11.6 Å². The van der Waals surface area contributed by atoms with Crippen molar-refractivity contribution in [1.29, 1.82) is 0 Å². The summed E-state index contributed by atoms with van der Waals surface area (Å²) in [7, 11) is 3.31. The molecule has 1 aromatic rings. The van der Waals surface area contributed by atoms with Gasteiger partial charge in [0.2, 0.25) is 0 Å². The lowest BCUT2D eigenvalue weighted by Crippen LogP contribution is -2.51. The van der Waals surface area contributed by atoms with Crippen LogP contribution in [0.1, 0.15) is 16.2 Å². The van der Waals surface area contributed by atoms with Gasteiger partial charge in [-0.25, -0.2) is 0 Å². The van der Waals surface area contributed by atoms with Crippen LogP contribution in [0.3, 0.4) is 0 Å². The molecule has 1 saturated heterocycles. The fraction of sp³-hybridized carbons (Fsp3) is 0.583. The van der Waals surface area contributed by atoms with Crippen LogP contribution in [0, 0.1) is 6.92 Å². The molecule has 2 amide bonds. The second-order valence-electron chi connectivity index (χ2n) is 4.85. The number of carbonyl (C=O) groups excluding carboxylic acids is 2. The molecule has 2 heterocycles. The number of aryl methyl sites for hydroxylation is 1. The van der Waals surface area contributed by atoms with E-state index >= 15 is 0 Å². The van der Waals surface area contributed by atoms with Crippen LogP contribution in [0.5, 0.6) is 0 Å². The van der Waals surface area contributed by atoms with Gasteiger partial charge in [0, 0.05) is 20.6 Å². The fourth-order valence-corrected chi connectivity index (χ4v) is 2.14. The third-order valence-corrected chi connectivity index (χ3v) is 3.61. The zero-order chi connectivity index (χ0) is 14.9. The van der Waals surface area contributed by atoms with Crippen molar-refractivity contribution in [2.75, 3.05) is 33.8 Å². The van der Waals surface area contributed by atoms with E-state index in [1.807, 2.05) is 0 Å².